The number of ether oxygens (including phenoxy) is 1. The molecule has 3 aromatic heterocycles. The number of rotatable bonds is 10. The number of nitro groups is 1. The van der Waals surface area contributed by atoms with Crippen molar-refractivity contribution in [1.29, 1.82) is 0 Å². The first-order valence-corrected chi connectivity index (χ1v) is 23.7. The normalized spacial score (nSPS) is 18.8. The minimum absolute atomic E-state index is 0. The summed E-state index contributed by atoms with van der Waals surface area (Å²) in [4.78, 5) is 41.4. The highest BCUT2D eigenvalue weighted by atomic mass is 35.5. The standard InChI is InChI=1S/C47H50ClN9O6S.ClH/c1-46(2)13-11-33(38(26-46)31-3-5-34(48)6-4-31)28-53-17-19-54(20-18-53)35-7-9-37(41(24-35)56-42-23-32-12-16-49-44(32)51-39(42)27-50-56)45(58)52-64(61,62)36-8-10-40(43(25-36)57(59)60)55-29-47(30-55)14-21-63-22-15-47;/h3-10,12,16,23-25,27,50H,11,13-15,17-22,26,28-30H2,1-2H3,(H,52,58);1H. The molecular formula is C47H51Cl2N9O6S. The smallest absolute Gasteiger partial charge is 0.293 e. The summed E-state index contributed by atoms with van der Waals surface area (Å²) in [6.07, 6.45) is 8.36. The van der Waals surface area contributed by atoms with E-state index in [1.54, 1.807) is 23.1 Å². The quantitative estimate of drug-likeness (QED) is 0.0998. The predicted octanol–water partition coefficient (Wildman–Crippen LogP) is 8.41. The molecule has 10 rings (SSSR count). The molecular weight excluding hydrogens is 890 g/mol. The van der Waals surface area contributed by atoms with Gasteiger partial charge >= 0.3 is 0 Å². The number of piperazine rings is 1. The summed E-state index contributed by atoms with van der Waals surface area (Å²) in [7, 11) is -4.56. The maximum atomic E-state index is 14.3. The summed E-state index contributed by atoms with van der Waals surface area (Å²) in [6, 6.07) is 21.2. The minimum Gasteiger partial charge on any atom is -0.381 e. The highest BCUT2D eigenvalue weighted by Gasteiger charge is 2.45. The van der Waals surface area contributed by atoms with E-state index in [0.29, 0.717) is 54.4 Å². The Morgan fingerprint density at radius 3 is 2.43 bits per heavy atom. The number of amides is 1. The lowest BCUT2D eigenvalue weighted by Gasteiger charge is -2.53. The van der Waals surface area contributed by atoms with Gasteiger partial charge in [-0.3, -0.25) is 29.6 Å². The summed E-state index contributed by atoms with van der Waals surface area (Å²) < 4.78 is 37.3. The SMILES string of the molecule is CC1(C)CCC(CN2CCN(c3ccc(C(=O)NS(=O)(=O)c4ccc(N5CC6(CCOCC6)C5)c([N+](=O)[O-])c4)c(-n4[nH]cc5nc6nccc6cc54)c3)CC2)=C(c2ccc(Cl)cc2)C1.Cl. The van der Waals surface area contributed by atoms with E-state index in [2.05, 4.69) is 50.6 Å². The molecule has 65 heavy (non-hydrogen) atoms. The van der Waals surface area contributed by atoms with Crippen LogP contribution in [0.25, 0.3) is 33.3 Å². The molecule has 1 amide bonds. The number of hydrogen-bond donors (Lipinski definition) is 2. The Labute approximate surface area is 388 Å². The van der Waals surface area contributed by atoms with E-state index in [9.17, 15) is 23.3 Å². The molecule has 3 fully saturated rings. The van der Waals surface area contributed by atoms with E-state index in [1.165, 1.54) is 28.8 Å². The van der Waals surface area contributed by atoms with Crippen molar-refractivity contribution in [1.82, 2.24) is 29.4 Å². The van der Waals surface area contributed by atoms with Crippen molar-refractivity contribution in [3.05, 3.63) is 117 Å². The molecule has 15 nitrogen and oxygen atoms in total. The van der Waals surface area contributed by atoms with Crippen LogP contribution in [0.1, 0.15) is 61.9 Å². The van der Waals surface area contributed by atoms with Gasteiger partial charge in [-0.15, -0.1) is 12.4 Å². The van der Waals surface area contributed by atoms with E-state index in [4.69, 9.17) is 21.3 Å². The van der Waals surface area contributed by atoms with Gasteiger partial charge in [0.05, 0.1) is 26.6 Å². The van der Waals surface area contributed by atoms with Gasteiger partial charge in [-0.05, 0) is 103 Å². The summed E-state index contributed by atoms with van der Waals surface area (Å²) in [6.45, 7) is 11.3. The lowest BCUT2D eigenvalue weighted by molar-refractivity contribution is -0.384. The van der Waals surface area contributed by atoms with E-state index in [0.717, 1.165) is 87.0 Å². The number of carbonyl (C=O) groups is 1. The number of carbonyl (C=O) groups excluding carboxylic acids is 1. The highest BCUT2D eigenvalue weighted by molar-refractivity contribution is 7.90. The van der Waals surface area contributed by atoms with Crippen LogP contribution in [0.3, 0.4) is 0 Å². The van der Waals surface area contributed by atoms with Crippen LogP contribution in [0.4, 0.5) is 17.1 Å². The van der Waals surface area contributed by atoms with Crippen molar-refractivity contribution in [2.24, 2.45) is 10.8 Å². The van der Waals surface area contributed by atoms with Crippen molar-refractivity contribution in [3.63, 3.8) is 0 Å². The zero-order valence-corrected chi connectivity index (χ0v) is 38.6. The van der Waals surface area contributed by atoms with E-state index in [1.807, 2.05) is 41.3 Å². The van der Waals surface area contributed by atoms with E-state index >= 15 is 0 Å². The van der Waals surface area contributed by atoms with Crippen LogP contribution in [0, 0.1) is 20.9 Å². The Bertz CT molecular complexity index is 2950. The fourth-order valence-corrected chi connectivity index (χ4v) is 11.1. The van der Waals surface area contributed by atoms with Crippen LogP contribution in [-0.4, -0.2) is 103 Å². The third kappa shape index (κ3) is 8.81. The summed E-state index contributed by atoms with van der Waals surface area (Å²) in [5, 5.41) is 17.1. The number of nitro benzene ring substituents is 1. The van der Waals surface area contributed by atoms with Gasteiger partial charge in [0.25, 0.3) is 21.6 Å². The molecule has 18 heteroatoms. The number of H-pyrrole nitrogens is 1. The lowest BCUT2D eigenvalue weighted by Crippen LogP contribution is -2.58. The zero-order valence-electron chi connectivity index (χ0n) is 36.3. The number of hydrogen-bond acceptors (Lipinski definition) is 11. The molecule has 0 unspecified atom stereocenters. The number of aromatic amines is 1. The van der Waals surface area contributed by atoms with Gasteiger partial charge in [-0.1, -0.05) is 43.2 Å². The van der Waals surface area contributed by atoms with Gasteiger partial charge in [-0.2, -0.15) is 0 Å². The third-order valence-electron chi connectivity index (χ3n) is 13.7. The number of nitrogens with one attached hydrogen (secondary N) is 2. The van der Waals surface area contributed by atoms with Crippen LogP contribution in [0.5, 0.6) is 0 Å². The predicted molar refractivity (Wildman–Crippen MR) is 255 cm³/mol. The van der Waals surface area contributed by atoms with Gasteiger partial charge in [0, 0.05) is 99.0 Å². The fraction of sp³-hybridized carbons (Fsp3) is 0.383. The van der Waals surface area contributed by atoms with Crippen LogP contribution in [0.15, 0.2) is 95.7 Å². The number of allylic oxidation sites excluding steroid dienone is 1. The molecule has 0 atom stereocenters. The summed E-state index contributed by atoms with van der Waals surface area (Å²) >= 11 is 6.26. The van der Waals surface area contributed by atoms with Crippen LogP contribution in [0.2, 0.25) is 5.02 Å². The Kier molecular flexibility index (Phi) is 11.9. The Hall–Kier alpha value is -5.52. The summed E-state index contributed by atoms with van der Waals surface area (Å²) in [5.41, 5.74) is 7.63. The average Bonchev–Trinajstić information content (AvgIpc) is 3.92. The second kappa shape index (κ2) is 17.4. The molecule has 340 valence electrons. The molecule has 6 aromatic rings. The Morgan fingerprint density at radius 1 is 0.938 bits per heavy atom. The van der Waals surface area contributed by atoms with Gasteiger partial charge < -0.3 is 14.5 Å². The van der Waals surface area contributed by atoms with E-state index < -0.39 is 20.9 Å². The number of nitrogens with zero attached hydrogens (tertiary/aromatic N) is 7. The molecule has 0 bridgehead atoms. The third-order valence-corrected chi connectivity index (χ3v) is 15.3. The van der Waals surface area contributed by atoms with Gasteiger partial charge in [0.2, 0.25) is 0 Å². The minimum atomic E-state index is -4.56. The number of benzene rings is 3. The second-order valence-electron chi connectivity index (χ2n) is 18.6. The molecule has 3 saturated heterocycles. The first-order valence-electron chi connectivity index (χ1n) is 21.8. The molecule has 6 heterocycles. The van der Waals surface area contributed by atoms with E-state index in [-0.39, 0.29) is 39.4 Å². The number of aromatic nitrogens is 4. The number of halogens is 2. The molecule has 0 radical (unpaired) electrons. The average molecular weight is 941 g/mol. The largest absolute Gasteiger partial charge is 0.381 e. The maximum Gasteiger partial charge on any atom is 0.293 e. The maximum absolute atomic E-state index is 14.3. The Morgan fingerprint density at radius 2 is 1.69 bits per heavy atom. The topological polar surface area (TPSA) is 172 Å². The van der Waals surface area contributed by atoms with Gasteiger partial charge in [-0.25, -0.2) is 23.1 Å². The van der Waals surface area contributed by atoms with Crippen molar-refractivity contribution in [3.8, 4) is 5.69 Å². The number of fused-ring (bicyclic) bond motifs is 2. The molecule has 3 aliphatic heterocycles. The van der Waals surface area contributed by atoms with Crippen LogP contribution < -0.4 is 14.5 Å². The van der Waals surface area contributed by atoms with Crippen LogP contribution in [-0.2, 0) is 14.8 Å². The highest BCUT2D eigenvalue weighted by Crippen LogP contribution is 2.46. The van der Waals surface area contributed by atoms with Gasteiger partial charge in [0.15, 0.2) is 5.65 Å². The number of pyridine rings is 1. The molecule has 1 aliphatic carbocycles. The second-order valence-corrected chi connectivity index (χ2v) is 20.7. The zero-order chi connectivity index (χ0) is 44.4. The van der Waals surface area contributed by atoms with Crippen molar-refractivity contribution < 1.29 is 22.9 Å². The molecule has 3 aromatic carbocycles. The molecule has 1 spiro atoms. The molecule has 2 N–H and O–H groups in total. The number of anilines is 2. The monoisotopic (exact) mass is 939 g/mol. The van der Waals surface area contributed by atoms with Crippen LogP contribution >= 0.6 is 24.0 Å². The Balaban J connectivity index is 0.00000533. The first-order chi connectivity index (χ1) is 30.7. The van der Waals surface area contributed by atoms with Gasteiger partial charge in [0.1, 0.15) is 11.2 Å². The lowest BCUT2D eigenvalue weighted by atomic mass is 9.72. The number of sulfonamides is 1. The first kappa shape index (κ1) is 44.7. The summed E-state index contributed by atoms with van der Waals surface area (Å²) in [5.74, 6) is -0.887. The molecule has 4 aliphatic rings. The van der Waals surface area contributed by atoms with Crippen molar-refractivity contribution >= 4 is 84.6 Å². The fourth-order valence-electron chi connectivity index (χ4n) is 9.98. The van der Waals surface area contributed by atoms with Crippen molar-refractivity contribution in [2.45, 2.75) is 50.8 Å². The van der Waals surface area contributed by atoms with Crippen molar-refractivity contribution in [2.75, 3.05) is 68.8 Å². The molecule has 0 saturated carbocycles.